The van der Waals surface area contributed by atoms with Gasteiger partial charge in [0, 0.05) is 0 Å². The van der Waals surface area contributed by atoms with Crippen molar-refractivity contribution in [2.24, 2.45) is 11.8 Å². The quantitative estimate of drug-likeness (QED) is 0.548. The third kappa shape index (κ3) is 25.6. The Morgan fingerprint density at radius 2 is 0.818 bits per heavy atom. The monoisotopic (exact) mass is 162 g/mol. The Balaban J connectivity index is -0.0000000817. The largest absolute Gasteiger partial charge is 0.0776 e. The Labute approximate surface area is 75.4 Å². The molecule has 0 unspecified atom stereocenters. The predicted molar refractivity (Wildman–Crippen MR) is 59.1 cm³/mol. The molecule has 0 heterocycles. The Morgan fingerprint density at radius 3 is 0.909 bits per heavy atom. The molecule has 11 heavy (non-hydrogen) atoms. The molecule has 74 valence electrons. The van der Waals surface area contributed by atoms with Gasteiger partial charge in [-0.25, -0.2) is 0 Å². The van der Waals surface area contributed by atoms with Crippen LogP contribution in [0.25, 0.3) is 0 Å². The fourth-order valence-corrected chi connectivity index (χ4v) is 0.667. The summed E-state index contributed by atoms with van der Waals surface area (Å²) in [6.45, 7) is 9.12. The minimum Gasteiger partial charge on any atom is -0.0776 e. The molecule has 0 aromatic rings. The molecule has 0 fully saturated rings. The van der Waals surface area contributed by atoms with Gasteiger partial charge < -0.3 is 0 Å². The standard InChI is InChI=1S/C8H18.3CH4/c1-7(2)5-6-8(3)4;;;/h7-8H,5-6H2,1-4H3;3*1H4. The summed E-state index contributed by atoms with van der Waals surface area (Å²) in [5, 5.41) is 0. The van der Waals surface area contributed by atoms with Gasteiger partial charge in [-0.05, 0) is 11.8 Å². The van der Waals surface area contributed by atoms with Gasteiger partial charge >= 0.3 is 0 Å². The van der Waals surface area contributed by atoms with E-state index in [0.717, 1.165) is 11.8 Å². The van der Waals surface area contributed by atoms with Gasteiger partial charge in [0.1, 0.15) is 0 Å². The van der Waals surface area contributed by atoms with E-state index in [2.05, 4.69) is 27.7 Å². The summed E-state index contributed by atoms with van der Waals surface area (Å²) in [6.07, 6.45) is 2.77. The van der Waals surface area contributed by atoms with Gasteiger partial charge in [0.25, 0.3) is 0 Å². The van der Waals surface area contributed by atoms with Crippen molar-refractivity contribution in [1.82, 2.24) is 0 Å². The zero-order valence-corrected chi connectivity index (χ0v) is 6.57. The molecule has 0 atom stereocenters. The van der Waals surface area contributed by atoms with Gasteiger partial charge in [-0.1, -0.05) is 62.8 Å². The van der Waals surface area contributed by atoms with Crippen LogP contribution >= 0.6 is 0 Å². The highest BCUT2D eigenvalue weighted by Gasteiger charge is 1.95. The van der Waals surface area contributed by atoms with E-state index in [-0.39, 0.29) is 22.3 Å². The first-order valence-corrected chi connectivity index (χ1v) is 3.63. The SMILES string of the molecule is C.C.C.CC(C)CCC(C)C. The molecule has 0 heteroatoms. The normalized spacial score (nSPS) is 8.18. The maximum absolute atomic E-state index is 2.28. The molecule has 0 aromatic heterocycles. The molecule has 0 aliphatic heterocycles. The minimum atomic E-state index is 0. The number of rotatable bonds is 3. The fraction of sp³-hybridized carbons (Fsp3) is 1.00. The summed E-state index contributed by atoms with van der Waals surface area (Å²) in [5.41, 5.74) is 0. The summed E-state index contributed by atoms with van der Waals surface area (Å²) in [7, 11) is 0. The van der Waals surface area contributed by atoms with Crippen LogP contribution < -0.4 is 0 Å². The molecule has 0 saturated carbocycles. The van der Waals surface area contributed by atoms with E-state index in [1.807, 2.05) is 0 Å². The second kappa shape index (κ2) is 12.7. The number of hydrogen-bond donors (Lipinski definition) is 0. The van der Waals surface area contributed by atoms with Crippen LogP contribution in [0.15, 0.2) is 0 Å². The Morgan fingerprint density at radius 1 is 0.636 bits per heavy atom. The molecule has 0 nitrogen and oxygen atoms in total. The lowest BCUT2D eigenvalue weighted by atomic mass is 10.0. The van der Waals surface area contributed by atoms with Crippen molar-refractivity contribution in [1.29, 1.82) is 0 Å². The van der Waals surface area contributed by atoms with Gasteiger partial charge in [-0.2, -0.15) is 0 Å². The first kappa shape index (κ1) is 22.4. The van der Waals surface area contributed by atoms with Crippen molar-refractivity contribution in [3.05, 3.63) is 0 Å². The van der Waals surface area contributed by atoms with Gasteiger partial charge in [-0.15, -0.1) is 0 Å². The molecular weight excluding hydrogens is 132 g/mol. The van der Waals surface area contributed by atoms with Gasteiger partial charge in [0.2, 0.25) is 0 Å². The number of hydrogen-bond acceptors (Lipinski definition) is 0. The Bertz CT molecular complexity index is 36.0. The molecule has 0 aliphatic rings. The fourth-order valence-electron chi connectivity index (χ4n) is 0.667. The van der Waals surface area contributed by atoms with Crippen molar-refractivity contribution >= 4 is 0 Å². The van der Waals surface area contributed by atoms with Crippen LogP contribution in [-0.4, -0.2) is 0 Å². The maximum atomic E-state index is 2.28. The summed E-state index contributed by atoms with van der Waals surface area (Å²) < 4.78 is 0. The molecule has 0 bridgehead atoms. The second-order valence-corrected chi connectivity index (χ2v) is 3.37. The van der Waals surface area contributed by atoms with Crippen LogP contribution in [0, 0.1) is 11.8 Å². The summed E-state index contributed by atoms with van der Waals surface area (Å²) in [6, 6.07) is 0. The molecule has 0 saturated heterocycles. The molecule has 0 spiro atoms. The third-order valence-electron chi connectivity index (χ3n) is 1.32. The van der Waals surface area contributed by atoms with Crippen molar-refractivity contribution in [2.45, 2.75) is 62.8 Å². The lowest BCUT2D eigenvalue weighted by Crippen LogP contribution is -1.91. The molecule has 0 amide bonds. The van der Waals surface area contributed by atoms with Gasteiger partial charge in [-0.3, -0.25) is 0 Å². The highest BCUT2D eigenvalue weighted by molar-refractivity contribution is 4.48. The average molecular weight is 162 g/mol. The zero-order valence-electron chi connectivity index (χ0n) is 6.57. The van der Waals surface area contributed by atoms with Crippen molar-refractivity contribution in [3.63, 3.8) is 0 Å². The Hall–Kier alpha value is 0. The smallest absolute Gasteiger partial charge is 0.0471 e. The van der Waals surface area contributed by atoms with Gasteiger partial charge in [0.05, 0.1) is 0 Å². The second-order valence-electron chi connectivity index (χ2n) is 3.37. The van der Waals surface area contributed by atoms with Crippen LogP contribution in [0.3, 0.4) is 0 Å². The van der Waals surface area contributed by atoms with Crippen LogP contribution in [0.1, 0.15) is 62.8 Å². The molecule has 0 aromatic carbocycles. The molecule has 0 rings (SSSR count). The summed E-state index contributed by atoms with van der Waals surface area (Å²) in [5.74, 6) is 1.77. The highest BCUT2D eigenvalue weighted by atomic mass is 14.0. The third-order valence-corrected chi connectivity index (χ3v) is 1.32. The van der Waals surface area contributed by atoms with Crippen molar-refractivity contribution < 1.29 is 0 Å². The lowest BCUT2D eigenvalue weighted by Gasteiger charge is -2.05. The van der Waals surface area contributed by atoms with E-state index in [1.54, 1.807) is 0 Å². The minimum absolute atomic E-state index is 0. The van der Waals surface area contributed by atoms with Gasteiger partial charge in [0.15, 0.2) is 0 Å². The van der Waals surface area contributed by atoms with E-state index in [0.29, 0.717) is 0 Å². The highest BCUT2D eigenvalue weighted by Crippen LogP contribution is 2.09. The van der Waals surface area contributed by atoms with Crippen LogP contribution in [-0.2, 0) is 0 Å². The topological polar surface area (TPSA) is 0 Å². The van der Waals surface area contributed by atoms with E-state index >= 15 is 0 Å². The van der Waals surface area contributed by atoms with E-state index in [9.17, 15) is 0 Å². The summed E-state index contributed by atoms with van der Waals surface area (Å²) >= 11 is 0. The van der Waals surface area contributed by atoms with Crippen molar-refractivity contribution in [3.8, 4) is 0 Å². The molecule has 0 radical (unpaired) electrons. The predicted octanol–water partition coefficient (Wildman–Crippen LogP) is 4.99. The first-order chi connectivity index (χ1) is 3.63. The summed E-state index contributed by atoms with van der Waals surface area (Å²) in [4.78, 5) is 0. The lowest BCUT2D eigenvalue weighted by molar-refractivity contribution is 0.476. The average Bonchev–Trinajstić information content (AvgIpc) is 1.61. The van der Waals surface area contributed by atoms with E-state index in [1.165, 1.54) is 12.8 Å². The van der Waals surface area contributed by atoms with Crippen LogP contribution in [0.5, 0.6) is 0 Å². The zero-order chi connectivity index (χ0) is 6.57. The van der Waals surface area contributed by atoms with Crippen molar-refractivity contribution in [2.75, 3.05) is 0 Å². The maximum Gasteiger partial charge on any atom is -0.0471 e. The first-order valence-electron chi connectivity index (χ1n) is 3.63. The molecule has 0 N–H and O–H groups in total. The van der Waals surface area contributed by atoms with E-state index < -0.39 is 0 Å². The Kier molecular flexibility index (Phi) is 25.8. The molecular formula is C11H30. The molecule has 0 aliphatic carbocycles. The van der Waals surface area contributed by atoms with E-state index in [4.69, 9.17) is 0 Å². The van der Waals surface area contributed by atoms with Crippen LogP contribution in [0.4, 0.5) is 0 Å². The van der Waals surface area contributed by atoms with Crippen LogP contribution in [0.2, 0.25) is 0 Å².